The number of carbonyl (C=O) groups excluding carboxylic acids is 1. The maximum absolute atomic E-state index is 12.3. The fourth-order valence-electron chi connectivity index (χ4n) is 2.17. The summed E-state index contributed by atoms with van der Waals surface area (Å²) in [6, 6.07) is 7.74. The molecule has 2 rings (SSSR count). The van der Waals surface area contributed by atoms with Crippen LogP contribution in [0.15, 0.2) is 41.8 Å². The lowest BCUT2D eigenvalue weighted by Gasteiger charge is -2.10. The fraction of sp³-hybridized carbons (Fsp3) is 0.333. The van der Waals surface area contributed by atoms with E-state index in [4.69, 9.17) is 17.0 Å². The first-order valence-electron chi connectivity index (χ1n) is 7.75. The topological polar surface area (TPSA) is 32.8 Å². The molecule has 128 valence electrons. The fourth-order valence-corrected chi connectivity index (χ4v) is 3.44. The van der Waals surface area contributed by atoms with E-state index in [0.29, 0.717) is 22.4 Å². The van der Waals surface area contributed by atoms with Crippen molar-refractivity contribution in [1.82, 2.24) is 9.80 Å². The van der Waals surface area contributed by atoms with Crippen LogP contribution in [0.3, 0.4) is 0 Å². The van der Waals surface area contributed by atoms with Gasteiger partial charge in [-0.15, -0.1) is 6.58 Å². The average molecular weight is 363 g/mol. The zero-order chi connectivity index (χ0) is 17.5. The van der Waals surface area contributed by atoms with Crippen LogP contribution in [0.4, 0.5) is 0 Å². The zero-order valence-electron chi connectivity index (χ0n) is 14.0. The van der Waals surface area contributed by atoms with E-state index in [1.165, 1.54) is 11.8 Å². The smallest absolute Gasteiger partial charge is 0.266 e. The molecule has 6 heteroatoms. The van der Waals surface area contributed by atoms with E-state index in [9.17, 15) is 4.79 Å². The normalized spacial score (nSPS) is 16.3. The van der Waals surface area contributed by atoms with Crippen LogP contribution in [0.1, 0.15) is 12.0 Å². The number of thiocarbonyl (C=S) groups is 1. The second-order valence-corrected chi connectivity index (χ2v) is 7.33. The van der Waals surface area contributed by atoms with Crippen LogP contribution in [-0.2, 0) is 4.79 Å². The largest absolute Gasteiger partial charge is 0.494 e. The van der Waals surface area contributed by atoms with Crippen LogP contribution in [0, 0.1) is 0 Å². The van der Waals surface area contributed by atoms with E-state index in [1.807, 2.05) is 44.4 Å². The molecule has 1 saturated heterocycles. The molecule has 0 N–H and O–H groups in total. The number of ether oxygens (including phenoxy) is 1. The minimum absolute atomic E-state index is 0.0612. The number of nitrogens with zero attached hydrogens (tertiary/aromatic N) is 2. The molecule has 1 aliphatic heterocycles. The Morgan fingerprint density at radius 2 is 2.04 bits per heavy atom. The van der Waals surface area contributed by atoms with Crippen molar-refractivity contribution in [1.29, 1.82) is 0 Å². The monoisotopic (exact) mass is 362 g/mol. The zero-order valence-corrected chi connectivity index (χ0v) is 15.7. The van der Waals surface area contributed by atoms with Crippen molar-refractivity contribution in [2.24, 2.45) is 0 Å². The van der Waals surface area contributed by atoms with Crippen molar-refractivity contribution < 1.29 is 9.53 Å². The second-order valence-electron chi connectivity index (χ2n) is 5.66. The Balaban J connectivity index is 1.95. The molecule has 4 nitrogen and oxygen atoms in total. The van der Waals surface area contributed by atoms with Gasteiger partial charge in [-0.05, 0) is 44.3 Å². The van der Waals surface area contributed by atoms with Gasteiger partial charge in [-0.3, -0.25) is 9.69 Å². The Morgan fingerprint density at radius 3 is 2.67 bits per heavy atom. The van der Waals surface area contributed by atoms with Crippen LogP contribution >= 0.6 is 24.0 Å². The molecule has 0 atom stereocenters. The number of hydrogen-bond donors (Lipinski definition) is 0. The minimum atomic E-state index is -0.0612. The summed E-state index contributed by atoms with van der Waals surface area (Å²) in [5.41, 5.74) is 0.953. The first-order valence-corrected chi connectivity index (χ1v) is 8.97. The number of hydrogen-bond acceptors (Lipinski definition) is 5. The van der Waals surface area contributed by atoms with Gasteiger partial charge in [0.25, 0.3) is 5.91 Å². The van der Waals surface area contributed by atoms with Crippen LogP contribution < -0.4 is 4.74 Å². The van der Waals surface area contributed by atoms with Gasteiger partial charge in [-0.25, -0.2) is 0 Å². The van der Waals surface area contributed by atoms with Gasteiger partial charge in [0, 0.05) is 13.1 Å². The predicted molar refractivity (Wildman–Crippen MR) is 105 cm³/mol. The molecule has 0 aliphatic carbocycles. The molecule has 1 heterocycles. The Kier molecular flexibility index (Phi) is 7.02. The van der Waals surface area contributed by atoms with Gasteiger partial charge in [0.2, 0.25) is 0 Å². The Labute approximate surface area is 153 Å². The molecule has 0 aromatic heterocycles. The Morgan fingerprint density at radius 1 is 1.33 bits per heavy atom. The third kappa shape index (κ3) is 5.19. The summed E-state index contributed by atoms with van der Waals surface area (Å²) in [7, 11) is 4.10. The Hall–Kier alpha value is -1.63. The van der Waals surface area contributed by atoms with E-state index >= 15 is 0 Å². The van der Waals surface area contributed by atoms with E-state index in [1.54, 1.807) is 11.0 Å². The highest BCUT2D eigenvalue weighted by Gasteiger charge is 2.30. The Bertz CT molecular complexity index is 639. The van der Waals surface area contributed by atoms with Crippen molar-refractivity contribution in [3.05, 3.63) is 47.4 Å². The van der Waals surface area contributed by atoms with Crippen molar-refractivity contribution in [2.75, 3.05) is 33.8 Å². The predicted octanol–water partition coefficient (Wildman–Crippen LogP) is 3.40. The van der Waals surface area contributed by atoms with Gasteiger partial charge in [-0.1, -0.05) is 42.2 Å². The summed E-state index contributed by atoms with van der Waals surface area (Å²) in [4.78, 5) is 16.6. The number of carbonyl (C=O) groups is 1. The molecule has 0 bridgehead atoms. The van der Waals surface area contributed by atoms with E-state index in [0.717, 1.165) is 24.3 Å². The molecule has 0 saturated carbocycles. The molecule has 1 aromatic carbocycles. The van der Waals surface area contributed by atoms with Gasteiger partial charge >= 0.3 is 0 Å². The van der Waals surface area contributed by atoms with Gasteiger partial charge < -0.3 is 9.64 Å². The van der Waals surface area contributed by atoms with Crippen LogP contribution in [0.25, 0.3) is 6.08 Å². The van der Waals surface area contributed by atoms with E-state index in [-0.39, 0.29) is 5.91 Å². The van der Waals surface area contributed by atoms with Crippen LogP contribution in [-0.4, -0.2) is 53.8 Å². The highest BCUT2D eigenvalue weighted by Crippen LogP contribution is 2.32. The molecular formula is C18H22N2O2S2. The number of benzene rings is 1. The standard InChI is InChI=1S/C18H22N2O2S2/c1-4-10-20-17(21)16(24-18(20)23)13-14-6-8-15(9-7-14)22-12-5-11-19(2)3/h4,6-9,13H,1,5,10-12H2,2-3H3/b16-13-. The maximum atomic E-state index is 12.3. The minimum Gasteiger partial charge on any atom is -0.494 e. The van der Waals surface area contributed by atoms with Crippen molar-refractivity contribution in [3.8, 4) is 5.75 Å². The van der Waals surface area contributed by atoms with Crippen LogP contribution in [0.5, 0.6) is 5.75 Å². The maximum Gasteiger partial charge on any atom is 0.266 e. The lowest BCUT2D eigenvalue weighted by molar-refractivity contribution is -0.121. The average Bonchev–Trinajstić information content (AvgIpc) is 2.81. The number of thioether (sulfide) groups is 1. The number of rotatable bonds is 8. The summed E-state index contributed by atoms with van der Waals surface area (Å²) in [6.07, 6.45) is 4.52. The lowest BCUT2D eigenvalue weighted by Crippen LogP contribution is -2.27. The first-order chi connectivity index (χ1) is 11.5. The van der Waals surface area contributed by atoms with Crippen molar-refractivity contribution in [3.63, 3.8) is 0 Å². The van der Waals surface area contributed by atoms with Crippen molar-refractivity contribution in [2.45, 2.75) is 6.42 Å². The first kappa shape index (κ1) is 18.7. The summed E-state index contributed by atoms with van der Waals surface area (Å²) in [5, 5.41) is 0. The van der Waals surface area contributed by atoms with Gasteiger partial charge in [0.15, 0.2) is 0 Å². The molecule has 1 amide bonds. The highest BCUT2D eigenvalue weighted by atomic mass is 32.2. The summed E-state index contributed by atoms with van der Waals surface area (Å²) >= 11 is 6.56. The second kappa shape index (κ2) is 9.01. The van der Waals surface area contributed by atoms with Crippen LogP contribution in [0.2, 0.25) is 0 Å². The summed E-state index contributed by atoms with van der Waals surface area (Å²) in [5.74, 6) is 0.777. The van der Waals surface area contributed by atoms with Crippen molar-refractivity contribution >= 4 is 40.3 Å². The quantitative estimate of drug-likeness (QED) is 0.306. The SMILES string of the molecule is C=CCN1C(=O)/C(=C/c2ccc(OCCCN(C)C)cc2)SC1=S. The molecule has 1 aliphatic rings. The highest BCUT2D eigenvalue weighted by molar-refractivity contribution is 8.26. The molecule has 24 heavy (non-hydrogen) atoms. The molecule has 0 unspecified atom stereocenters. The molecule has 0 radical (unpaired) electrons. The van der Waals surface area contributed by atoms with E-state index in [2.05, 4.69) is 11.5 Å². The molecule has 1 fully saturated rings. The molecule has 0 spiro atoms. The van der Waals surface area contributed by atoms with Gasteiger partial charge in [-0.2, -0.15) is 0 Å². The van der Waals surface area contributed by atoms with Gasteiger partial charge in [0.1, 0.15) is 10.1 Å². The summed E-state index contributed by atoms with van der Waals surface area (Å²) in [6.45, 7) is 5.80. The molecule has 1 aromatic rings. The third-order valence-electron chi connectivity index (χ3n) is 3.38. The summed E-state index contributed by atoms with van der Waals surface area (Å²) < 4.78 is 6.28. The van der Waals surface area contributed by atoms with Gasteiger partial charge in [0.05, 0.1) is 11.5 Å². The van der Waals surface area contributed by atoms with E-state index < -0.39 is 0 Å². The molecular weight excluding hydrogens is 340 g/mol. The number of amides is 1. The third-order valence-corrected chi connectivity index (χ3v) is 4.76. The lowest BCUT2D eigenvalue weighted by atomic mass is 10.2.